The van der Waals surface area contributed by atoms with Crippen molar-refractivity contribution in [3.63, 3.8) is 0 Å². The number of halogens is 3. The summed E-state index contributed by atoms with van der Waals surface area (Å²) in [6.45, 7) is 2.07. The topological polar surface area (TPSA) is 130 Å². The van der Waals surface area contributed by atoms with Crippen molar-refractivity contribution in [3.05, 3.63) is 35.9 Å². The monoisotopic (exact) mass is 638 g/mol. The number of fused-ring (bicyclic) bond motifs is 1. The largest absolute Gasteiger partial charge is 0.420 e. The lowest BCUT2D eigenvalue weighted by molar-refractivity contribution is -0.267. The first-order valence-corrected chi connectivity index (χ1v) is 14.5. The lowest BCUT2D eigenvalue weighted by atomic mass is 9.93. The average molecular weight is 639 g/mol. The number of methoxy groups -OCH3 is 4. The smallest absolute Gasteiger partial charge is 0.383 e. The van der Waals surface area contributed by atoms with Gasteiger partial charge in [-0.05, 0) is 5.56 Å². The van der Waals surface area contributed by atoms with Crippen LogP contribution in [0.25, 0.3) is 11.0 Å². The minimum absolute atomic E-state index is 0.147. The maximum Gasteiger partial charge on any atom is 0.420 e. The predicted molar refractivity (Wildman–Crippen MR) is 164 cm³/mol. The summed E-state index contributed by atoms with van der Waals surface area (Å²) < 4.78 is 62.3. The summed E-state index contributed by atoms with van der Waals surface area (Å²) in [4.78, 5) is 24.3. The molecule has 0 aliphatic carbocycles. The maximum absolute atomic E-state index is 13.7. The number of β-amino-alcohol motifs (C(OH)–C–C–N with tert-alkyl or cyclic N) is 1. The van der Waals surface area contributed by atoms with E-state index in [1.165, 1.54) is 4.90 Å². The summed E-state index contributed by atoms with van der Waals surface area (Å²) in [6.07, 6.45) is -4.81. The standard InChI is InChI=1S/C29H41F3N8O5/c1-42-14-10-38(11-15-43-2)26-35-23-22(24(36-26)33-18-21-8-6-5-7-9-21)34-27(39(12-16-44-3)13-17-45-4)37-25(23)40-19-28(41,20-40)29(30,31)32/h5-9,41H,10-20H2,1-4H3,(H,33,35,36). The van der Waals surface area contributed by atoms with Crippen LogP contribution in [-0.4, -0.2) is 131 Å². The first kappa shape index (κ1) is 34.3. The molecule has 2 aromatic heterocycles. The minimum atomic E-state index is -4.81. The highest BCUT2D eigenvalue weighted by Crippen LogP contribution is 2.42. The van der Waals surface area contributed by atoms with Gasteiger partial charge in [-0.25, -0.2) is 9.97 Å². The summed E-state index contributed by atoms with van der Waals surface area (Å²) in [7, 11) is 6.31. The molecule has 0 saturated carbocycles. The van der Waals surface area contributed by atoms with Crippen LogP contribution in [0.2, 0.25) is 0 Å². The van der Waals surface area contributed by atoms with Gasteiger partial charge in [-0.15, -0.1) is 0 Å². The third-order valence-corrected chi connectivity index (χ3v) is 7.36. The van der Waals surface area contributed by atoms with E-state index in [1.54, 1.807) is 28.4 Å². The van der Waals surface area contributed by atoms with Crippen molar-refractivity contribution in [1.82, 2.24) is 19.9 Å². The van der Waals surface area contributed by atoms with Crippen molar-refractivity contribution in [2.24, 2.45) is 0 Å². The minimum Gasteiger partial charge on any atom is -0.383 e. The molecule has 1 aliphatic rings. The number of alkyl halides is 3. The van der Waals surface area contributed by atoms with Gasteiger partial charge in [0.25, 0.3) is 0 Å². The van der Waals surface area contributed by atoms with Gasteiger partial charge >= 0.3 is 6.18 Å². The molecule has 0 spiro atoms. The van der Waals surface area contributed by atoms with Crippen molar-refractivity contribution in [2.75, 3.05) is 114 Å². The quantitative estimate of drug-likeness (QED) is 0.212. The van der Waals surface area contributed by atoms with E-state index < -0.39 is 24.9 Å². The normalized spacial score (nSPS) is 14.4. The zero-order valence-corrected chi connectivity index (χ0v) is 26.0. The number of benzene rings is 1. The Morgan fingerprint density at radius 3 is 1.76 bits per heavy atom. The molecule has 0 radical (unpaired) electrons. The summed E-state index contributed by atoms with van der Waals surface area (Å²) in [5.74, 6) is 1.05. The number of ether oxygens (including phenoxy) is 4. The SMILES string of the molecule is COCCN(CCOC)c1nc(N2CC(O)(C(F)(F)F)C2)c2nc(N(CCOC)CCOC)nc(NCc3ccccc3)c2n1. The Hall–Kier alpha value is -3.57. The molecule has 248 valence electrons. The van der Waals surface area contributed by atoms with Crippen LogP contribution in [0.5, 0.6) is 0 Å². The Bertz CT molecular complexity index is 1350. The Morgan fingerprint density at radius 2 is 1.27 bits per heavy atom. The fourth-order valence-corrected chi connectivity index (χ4v) is 4.73. The first-order chi connectivity index (χ1) is 21.6. The number of aromatic nitrogens is 4. The summed E-state index contributed by atoms with van der Waals surface area (Å²) in [5, 5.41) is 13.7. The molecule has 4 rings (SSSR count). The molecule has 3 heterocycles. The second-order valence-corrected chi connectivity index (χ2v) is 10.6. The Balaban J connectivity index is 1.89. The molecular weight excluding hydrogens is 597 g/mol. The first-order valence-electron chi connectivity index (χ1n) is 14.5. The second-order valence-electron chi connectivity index (χ2n) is 10.6. The molecule has 45 heavy (non-hydrogen) atoms. The van der Waals surface area contributed by atoms with Gasteiger partial charge in [-0.2, -0.15) is 23.1 Å². The van der Waals surface area contributed by atoms with Gasteiger partial charge in [0.2, 0.25) is 11.9 Å². The fraction of sp³-hybridized carbons (Fsp3) is 0.586. The number of aliphatic hydroxyl groups is 1. The van der Waals surface area contributed by atoms with Crippen molar-refractivity contribution >= 4 is 34.6 Å². The van der Waals surface area contributed by atoms with E-state index in [1.807, 2.05) is 40.1 Å². The second kappa shape index (κ2) is 15.6. The lowest BCUT2D eigenvalue weighted by Gasteiger charge is -2.47. The molecule has 1 saturated heterocycles. The molecule has 2 N–H and O–H groups in total. The third kappa shape index (κ3) is 8.38. The van der Waals surface area contributed by atoms with Crippen LogP contribution in [-0.2, 0) is 25.5 Å². The number of nitrogens with one attached hydrogen (secondary N) is 1. The molecule has 13 nitrogen and oxygen atoms in total. The van der Waals surface area contributed by atoms with Gasteiger partial charge in [-0.1, -0.05) is 30.3 Å². The van der Waals surface area contributed by atoms with E-state index in [0.29, 0.717) is 76.4 Å². The molecular formula is C29H41F3N8O5. The molecule has 1 aliphatic heterocycles. The van der Waals surface area contributed by atoms with Gasteiger partial charge in [0.15, 0.2) is 17.2 Å². The molecule has 0 amide bonds. The van der Waals surface area contributed by atoms with E-state index in [0.717, 1.165) is 5.56 Å². The highest BCUT2D eigenvalue weighted by molar-refractivity contribution is 5.95. The molecule has 0 bridgehead atoms. The maximum atomic E-state index is 13.7. The molecule has 1 aromatic carbocycles. The predicted octanol–water partition coefficient (Wildman–Crippen LogP) is 2.34. The van der Waals surface area contributed by atoms with Gasteiger partial charge in [0.05, 0.1) is 39.5 Å². The van der Waals surface area contributed by atoms with Crippen molar-refractivity contribution in [3.8, 4) is 0 Å². The third-order valence-electron chi connectivity index (χ3n) is 7.36. The van der Waals surface area contributed by atoms with E-state index in [2.05, 4.69) is 5.32 Å². The molecule has 1 fully saturated rings. The van der Waals surface area contributed by atoms with Crippen molar-refractivity contribution in [1.29, 1.82) is 0 Å². The van der Waals surface area contributed by atoms with Gasteiger partial charge in [-0.3, -0.25) is 0 Å². The highest BCUT2D eigenvalue weighted by atomic mass is 19.4. The zero-order chi connectivity index (χ0) is 32.5. The van der Waals surface area contributed by atoms with Crippen LogP contribution in [0.4, 0.5) is 36.7 Å². The van der Waals surface area contributed by atoms with Gasteiger partial charge in [0.1, 0.15) is 11.0 Å². The van der Waals surface area contributed by atoms with Crippen LogP contribution < -0.4 is 20.0 Å². The zero-order valence-electron chi connectivity index (χ0n) is 26.0. The van der Waals surface area contributed by atoms with E-state index in [-0.39, 0.29) is 17.3 Å². The van der Waals surface area contributed by atoms with Crippen LogP contribution in [0.15, 0.2) is 30.3 Å². The fourth-order valence-electron chi connectivity index (χ4n) is 4.73. The van der Waals surface area contributed by atoms with E-state index in [9.17, 15) is 18.3 Å². The number of hydrogen-bond donors (Lipinski definition) is 2. The summed E-state index contributed by atoms with van der Waals surface area (Å²) in [5.41, 5.74) is -1.34. The molecule has 0 atom stereocenters. The number of nitrogens with zero attached hydrogens (tertiary/aromatic N) is 7. The van der Waals surface area contributed by atoms with Gasteiger partial charge in [0, 0.05) is 61.2 Å². The molecule has 0 unspecified atom stereocenters. The Morgan fingerprint density at radius 1 is 0.778 bits per heavy atom. The summed E-state index contributed by atoms with van der Waals surface area (Å²) >= 11 is 0. The Labute approximate surface area is 260 Å². The average Bonchev–Trinajstić information content (AvgIpc) is 3.01. The van der Waals surface area contributed by atoms with Crippen LogP contribution in [0, 0.1) is 0 Å². The Kier molecular flexibility index (Phi) is 11.9. The molecule has 3 aromatic rings. The summed E-state index contributed by atoms with van der Waals surface area (Å²) in [6, 6.07) is 9.68. The van der Waals surface area contributed by atoms with Crippen LogP contribution in [0.1, 0.15) is 5.56 Å². The number of anilines is 4. The van der Waals surface area contributed by atoms with Gasteiger partial charge < -0.3 is 44.1 Å². The lowest BCUT2D eigenvalue weighted by Crippen LogP contribution is -2.69. The molecule has 16 heteroatoms. The van der Waals surface area contributed by atoms with Crippen LogP contribution >= 0.6 is 0 Å². The van der Waals surface area contributed by atoms with E-state index >= 15 is 0 Å². The highest BCUT2D eigenvalue weighted by Gasteiger charge is 2.61. The van der Waals surface area contributed by atoms with Crippen molar-refractivity contribution < 1.29 is 37.2 Å². The van der Waals surface area contributed by atoms with E-state index in [4.69, 9.17) is 38.9 Å². The number of rotatable bonds is 18. The van der Waals surface area contributed by atoms with Crippen LogP contribution in [0.3, 0.4) is 0 Å². The van der Waals surface area contributed by atoms with Crippen molar-refractivity contribution in [2.45, 2.75) is 18.3 Å². The number of hydrogen-bond acceptors (Lipinski definition) is 13.